The molecule has 79 heavy (non-hydrogen) atoms. The van der Waals surface area contributed by atoms with Crippen LogP contribution in [0.15, 0.2) is 66.4 Å². The zero-order valence-corrected chi connectivity index (χ0v) is 67.2. The first-order valence-electron chi connectivity index (χ1n) is 30.7. The van der Waals surface area contributed by atoms with Gasteiger partial charge in [0, 0.05) is 48.5 Å². The molecular formula is C65H98Br4S4Si6. The van der Waals surface area contributed by atoms with E-state index in [1.807, 2.05) is 43.4 Å². The third-order valence-electron chi connectivity index (χ3n) is 17.2. The molecule has 1 atom stereocenters. The quantitative estimate of drug-likeness (QED) is 0.0356. The van der Waals surface area contributed by atoms with Gasteiger partial charge in [-0.3, -0.25) is 0 Å². The average molecular weight is 1500 g/mol. The second-order valence-corrected chi connectivity index (χ2v) is 65.7. The first-order valence-corrected chi connectivity index (χ1v) is 56.2. The molecule has 8 rings (SSSR count). The molecule has 0 amide bonds. The fraction of sp³-hybridized carbons (Fsp3) is 0.569. The normalized spacial score (nSPS) is 15.8. The largest absolute Gasteiger partial charge is 0.145 e. The Hall–Kier alpha value is 0.461. The Morgan fingerprint density at radius 1 is 0.316 bits per heavy atom. The molecule has 2 aromatic carbocycles. The summed E-state index contributed by atoms with van der Waals surface area (Å²) in [5, 5.41) is 7.46. The van der Waals surface area contributed by atoms with Crippen molar-refractivity contribution in [3.8, 4) is 41.8 Å². The minimum Gasteiger partial charge on any atom is -0.145 e. The Kier molecular flexibility index (Phi) is 23.8. The van der Waals surface area contributed by atoms with E-state index in [-0.39, 0.29) is 0 Å². The molecule has 0 bridgehead atoms. The first kappa shape index (κ1) is 67.0. The van der Waals surface area contributed by atoms with E-state index in [1.54, 1.807) is 29.9 Å². The van der Waals surface area contributed by atoms with Crippen molar-refractivity contribution >= 4 is 196 Å². The summed E-state index contributed by atoms with van der Waals surface area (Å²) in [6, 6.07) is 25.0. The van der Waals surface area contributed by atoms with Crippen LogP contribution in [-0.2, 0) is 0 Å². The van der Waals surface area contributed by atoms with Gasteiger partial charge >= 0.3 is 0 Å². The lowest BCUT2D eigenvalue weighted by atomic mass is 10.1. The SMILES string of the molecule is CCCCCCCC[Si]1(C)c2cc3c(cc2-c2sc([Si](C)(C)C)cc21)[Si](CCCCCCCC)(CCCCCCCC)c1cc([Si](C)(C)C)sc1-3.C[Si](C)(C)c1cc(Br)c(-c2cc(Br)c(-c3sc([Si](C)(C)C)cc3Br)cc2Br)s1. The molecule has 0 fully saturated rings. The van der Waals surface area contributed by atoms with Crippen LogP contribution in [0.3, 0.4) is 0 Å². The molecule has 6 heterocycles. The molecule has 0 nitrogen and oxygen atoms in total. The monoisotopic (exact) mass is 1490 g/mol. The van der Waals surface area contributed by atoms with Gasteiger partial charge in [-0.15, -0.1) is 45.3 Å². The van der Waals surface area contributed by atoms with Crippen molar-refractivity contribution in [1.29, 1.82) is 0 Å². The molecule has 434 valence electrons. The zero-order valence-electron chi connectivity index (χ0n) is 51.6. The number of halogens is 4. The van der Waals surface area contributed by atoms with E-state index >= 15 is 0 Å². The lowest BCUT2D eigenvalue weighted by molar-refractivity contribution is 0.616. The molecule has 0 spiro atoms. The van der Waals surface area contributed by atoms with E-state index in [1.165, 1.54) is 173 Å². The molecule has 4 aromatic heterocycles. The van der Waals surface area contributed by atoms with Gasteiger partial charge in [0.2, 0.25) is 0 Å². The van der Waals surface area contributed by atoms with Gasteiger partial charge in [-0.05, 0) is 124 Å². The van der Waals surface area contributed by atoms with Crippen molar-refractivity contribution in [2.75, 3.05) is 0 Å². The summed E-state index contributed by atoms with van der Waals surface area (Å²) in [5.74, 6) is 0. The number of benzene rings is 2. The smallest absolute Gasteiger partial charge is 0.120 e. The van der Waals surface area contributed by atoms with E-state index in [2.05, 4.69) is 241 Å². The number of thiophene rings is 4. The maximum atomic E-state index is 3.85. The molecular weight excluding hydrogens is 1400 g/mol. The summed E-state index contributed by atoms with van der Waals surface area (Å²) in [5.41, 5.74) is 5.93. The van der Waals surface area contributed by atoms with Gasteiger partial charge in [-0.2, -0.15) is 0 Å². The van der Waals surface area contributed by atoms with Crippen LogP contribution in [-0.4, -0.2) is 48.4 Å². The Bertz CT molecular complexity index is 2910. The molecule has 6 aromatic rings. The molecule has 2 aliphatic heterocycles. The highest BCUT2D eigenvalue weighted by Gasteiger charge is 2.50. The number of fused-ring (bicyclic) bond motifs is 6. The van der Waals surface area contributed by atoms with Crippen LogP contribution in [0.25, 0.3) is 41.8 Å². The number of hydrogen-bond donors (Lipinski definition) is 0. The molecule has 0 N–H and O–H groups in total. The Balaban J connectivity index is 0.000000271. The predicted molar refractivity (Wildman–Crippen MR) is 399 cm³/mol. The zero-order chi connectivity index (χ0) is 57.9. The van der Waals surface area contributed by atoms with E-state index in [9.17, 15) is 0 Å². The number of rotatable bonds is 27. The summed E-state index contributed by atoms with van der Waals surface area (Å²) < 4.78 is 11.2. The first-order chi connectivity index (χ1) is 37.1. The third-order valence-corrected chi connectivity index (χ3v) is 49.4. The number of unbranched alkanes of at least 4 members (excludes halogenated alkanes) is 15. The average Bonchev–Trinajstić information content (AvgIpc) is 3.60. The molecule has 1 unspecified atom stereocenters. The summed E-state index contributed by atoms with van der Waals surface area (Å²) in [6.45, 7) is 39.8. The lowest BCUT2D eigenvalue weighted by Crippen LogP contribution is -2.56. The summed E-state index contributed by atoms with van der Waals surface area (Å²) >= 11 is 23.6. The highest BCUT2D eigenvalue weighted by molar-refractivity contribution is 9.11. The second-order valence-electron chi connectivity index (χ2n) is 28.0. The fourth-order valence-electron chi connectivity index (χ4n) is 12.1. The Morgan fingerprint density at radius 3 is 1.03 bits per heavy atom. The standard InChI is InChI=1S/C45H76S2Si4.C20H22Br4S2Si2/c1-11-14-17-20-23-26-29-50(10)38-32-37-39(33-36(38)44-40(50)34-42(46-44)48(4,5)6)51(30-27-24-21-18-15-12-2,31-28-25-22-19-16-13-3)41-35-43(47-45(37)41)49(7,8)9;1-27(2,3)17-9-15(23)19(25-17)11-7-14(22)12(8-13(11)21)20-16(24)10-18(26-20)28(4,5)6/h32-35H,11-31H2,1-10H3;7-10H,1-6H3. The summed E-state index contributed by atoms with van der Waals surface area (Å²) in [7, 11) is -9.17. The lowest BCUT2D eigenvalue weighted by Gasteiger charge is -2.31. The van der Waals surface area contributed by atoms with Gasteiger partial charge in [-0.25, -0.2) is 0 Å². The maximum absolute atomic E-state index is 3.85. The summed E-state index contributed by atoms with van der Waals surface area (Å²) in [6.07, 6.45) is 25.4. The van der Waals surface area contributed by atoms with Crippen molar-refractivity contribution in [3.63, 3.8) is 0 Å². The minimum absolute atomic E-state index is 1.13. The van der Waals surface area contributed by atoms with Crippen LogP contribution in [0.4, 0.5) is 0 Å². The minimum atomic E-state index is -1.89. The van der Waals surface area contributed by atoms with E-state index in [0.717, 1.165) is 8.95 Å². The van der Waals surface area contributed by atoms with Gasteiger partial charge in [-0.1, -0.05) is 278 Å². The van der Waals surface area contributed by atoms with Crippen molar-refractivity contribution in [2.45, 2.75) is 240 Å². The maximum Gasteiger partial charge on any atom is 0.120 e. The summed E-state index contributed by atoms with van der Waals surface area (Å²) in [4.78, 5) is 6.07. The number of hydrogen-bond acceptors (Lipinski definition) is 4. The molecule has 2 aliphatic rings. The third kappa shape index (κ3) is 15.6. The van der Waals surface area contributed by atoms with Gasteiger partial charge in [0.15, 0.2) is 0 Å². The van der Waals surface area contributed by atoms with Crippen LogP contribution in [0.1, 0.15) is 136 Å². The van der Waals surface area contributed by atoms with E-state index in [4.69, 9.17) is 0 Å². The highest BCUT2D eigenvalue weighted by atomic mass is 79.9. The molecule has 14 heteroatoms. The van der Waals surface area contributed by atoms with Crippen molar-refractivity contribution < 1.29 is 0 Å². The topological polar surface area (TPSA) is 0 Å². The fourth-order valence-corrected chi connectivity index (χ4v) is 39.2. The van der Waals surface area contributed by atoms with E-state index < -0.39 is 48.4 Å². The Labute approximate surface area is 538 Å². The molecule has 0 saturated carbocycles. The van der Waals surface area contributed by atoms with Gasteiger partial charge in [0.05, 0.1) is 32.3 Å². The molecule has 0 aliphatic carbocycles. The van der Waals surface area contributed by atoms with Crippen molar-refractivity contribution in [3.05, 3.63) is 66.4 Å². The van der Waals surface area contributed by atoms with Crippen LogP contribution >= 0.6 is 109 Å². The van der Waals surface area contributed by atoms with Crippen LogP contribution < -0.4 is 38.7 Å². The Morgan fingerprint density at radius 2 is 0.633 bits per heavy atom. The van der Waals surface area contributed by atoms with Crippen LogP contribution in [0.5, 0.6) is 0 Å². The van der Waals surface area contributed by atoms with Crippen molar-refractivity contribution in [1.82, 2.24) is 0 Å². The van der Waals surface area contributed by atoms with Crippen LogP contribution in [0, 0.1) is 0 Å². The van der Waals surface area contributed by atoms with Gasteiger partial charge in [0.1, 0.15) is 16.1 Å². The second kappa shape index (κ2) is 28.1. The van der Waals surface area contributed by atoms with Gasteiger partial charge in [0.25, 0.3) is 0 Å². The van der Waals surface area contributed by atoms with Crippen LogP contribution in [0.2, 0.25) is 103 Å². The molecule has 0 saturated heterocycles. The van der Waals surface area contributed by atoms with Crippen molar-refractivity contribution in [2.24, 2.45) is 0 Å². The molecule has 0 radical (unpaired) electrons. The highest BCUT2D eigenvalue weighted by Crippen LogP contribution is 2.46. The van der Waals surface area contributed by atoms with Gasteiger partial charge < -0.3 is 0 Å². The van der Waals surface area contributed by atoms with E-state index in [0.29, 0.717) is 0 Å². The predicted octanol–water partition coefficient (Wildman–Crippen LogP) is 22.0.